The summed E-state index contributed by atoms with van der Waals surface area (Å²) in [6, 6.07) is 6.91. The predicted octanol–water partition coefficient (Wildman–Crippen LogP) is 0.343. The van der Waals surface area contributed by atoms with E-state index in [2.05, 4.69) is 25.8 Å². The molecule has 0 saturated carbocycles. The molecule has 162 valence electrons. The number of piperazine rings is 1. The first-order chi connectivity index (χ1) is 14.6. The van der Waals surface area contributed by atoms with Gasteiger partial charge in [0.1, 0.15) is 6.04 Å². The number of hydrogen-bond donors (Lipinski definition) is 3. The van der Waals surface area contributed by atoms with Crippen molar-refractivity contribution in [3.63, 3.8) is 0 Å². The molecule has 1 unspecified atom stereocenters. The Labute approximate surface area is 177 Å². The Morgan fingerprint density at radius 1 is 1.00 bits per heavy atom. The first kappa shape index (κ1) is 20.8. The molecule has 3 heterocycles. The number of nitrogens with zero attached hydrogens (tertiary/aromatic N) is 2. The van der Waals surface area contributed by atoms with Crippen LogP contribution >= 0.6 is 0 Å². The standard InChI is InChI=1S/C22H31N5O3/c28-20-6-5-19(22(30)25-20)24-21(29)17-1-3-18(4-2-17)27-13-11-26(12-14-27)15-16-7-9-23-10-8-16/h1-4,16,19,23H,5-15H2,(H,24,29)(H,25,28,30). The van der Waals surface area contributed by atoms with E-state index in [1.54, 1.807) is 12.1 Å². The lowest BCUT2D eigenvalue weighted by molar-refractivity contribution is -0.134. The second-order valence-electron chi connectivity index (χ2n) is 8.51. The normalized spacial score (nSPS) is 23.9. The van der Waals surface area contributed by atoms with Crippen molar-refractivity contribution in [3.05, 3.63) is 29.8 Å². The average Bonchev–Trinajstić information content (AvgIpc) is 2.77. The highest BCUT2D eigenvalue weighted by atomic mass is 16.2. The summed E-state index contributed by atoms with van der Waals surface area (Å²) < 4.78 is 0. The van der Waals surface area contributed by atoms with E-state index in [1.807, 2.05) is 12.1 Å². The van der Waals surface area contributed by atoms with Crippen molar-refractivity contribution in [1.82, 2.24) is 20.9 Å². The van der Waals surface area contributed by atoms with Crippen molar-refractivity contribution in [2.24, 2.45) is 5.92 Å². The van der Waals surface area contributed by atoms with Gasteiger partial charge in [-0.2, -0.15) is 0 Å². The highest BCUT2D eigenvalue weighted by Gasteiger charge is 2.28. The third-order valence-corrected chi connectivity index (χ3v) is 6.39. The van der Waals surface area contributed by atoms with E-state index in [1.165, 1.54) is 19.4 Å². The molecule has 3 fully saturated rings. The highest BCUT2D eigenvalue weighted by molar-refractivity contribution is 6.03. The lowest BCUT2D eigenvalue weighted by Gasteiger charge is -2.38. The molecule has 0 aromatic heterocycles. The maximum absolute atomic E-state index is 12.5. The molecule has 1 aromatic carbocycles. The number of rotatable bonds is 5. The Hall–Kier alpha value is -2.45. The summed E-state index contributed by atoms with van der Waals surface area (Å²) in [6.45, 7) is 7.63. The van der Waals surface area contributed by atoms with E-state index in [-0.39, 0.29) is 18.2 Å². The third-order valence-electron chi connectivity index (χ3n) is 6.39. The molecule has 0 bridgehead atoms. The lowest BCUT2D eigenvalue weighted by Crippen LogP contribution is -2.52. The SMILES string of the molecule is O=C1CCC(NC(=O)c2ccc(N3CCN(CC4CCNCC4)CC3)cc2)C(=O)N1. The van der Waals surface area contributed by atoms with Crippen LogP contribution in [0.3, 0.4) is 0 Å². The summed E-state index contributed by atoms with van der Waals surface area (Å²) in [5.41, 5.74) is 1.64. The number of carbonyl (C=O) groups excluding carboxylic acids is 3. The zero-order chi connectivity index (χ0) is 20.9. The third kappa shape index (κ3) is 5.17. The minimum Gasteiger partial charge on any atom is -0.369 e. The zero-order valence-corrected chi connectivity index (χ0v) is 17.4. The van der Waals surface area contributed by atoms with Crippen LogP contribution in [-0.4, -0.2) is 74.5 Å². The van der Waals surface area contributed by atoms with E-state index in [0.29, 0.717) is 12.0 Å². The number of nitrogens with one attached hydrogen (secondary N) is 3. The summed E-state index contributed by atoms with van der Waals surface area (Å²) in [4.78, 5) is 40.5. The number of imide groups is 1. The Morgan fingerprint density at radius 3 is 2.37 bits per heavy atom. The lowest BCUT2D eigenvalue weighted by atomic mass is 9.97. The molecule has 1 atom stereocenters. The molecule has 0 radical (unpaired) electrons. The molecule has 3 amide bonds. The monoisotopic (exact) mass is 413 g/mol. The fourth-order valence-electron chi connectivity index (χ4n) is 4.51. The number of carbonyl (C=O) groups is 3. The summed E-state index contributed by atoms with van der Waals surface area (Å²) in [7, 11) is 0. The van der Waals surface area contributed by atoms with E-state index in [0.717, 1.165) is 50.9 Å². The molecule has 3 aliphatic rings. The van der Waals surface area contributed by atoms with Gasteiger partial charge in [-0.15, -0.1) is 0 Å². The number of anilines is 1. The fraction of sp³-hybridized carbons (Fsp3) is 0.591. The van der Waals surface area contributed by atoms with Crippen LogP contribution in [0, 0.1) is 5.92 Å². The molecule has 3 saturated heterocycles. The molecule has 3 N–H and O–H groups in total. The number of amides is 3. The minimum absolute atomic E-state index is 0.249. The van der Waals surface area contributed by atoms with Gasteiger partial charge in [-0.1, -0.05) is 0 Å². The van der Waals surface area contributed by atoms with Gasteiger partial charge >= 0.3 is 0 Å². The largest absolute Gasteiger partial charge is 0.369 e. The van der Waals surface area contributed by atoms with Crippen molar-refractivity contribution in [2.75, 3.05) is 50.7 Å². The van der Waals surface area contributed by atoms with Crippen molar-refractivity contribution in [1.29, 1.82) is 0 Å². The van der Waals surface area contributed by atoms with Gasteiger partial charge < -0.3 is 15.5 Å². The van der Waals surface area contributed by atoms with Gasteiger partial charge in [0.15, 0.2) is 0 Å². The number of piperidine rings is 2. The molecule has 30 heavy (non-hydrogen) atoms. The average molecular weight is 414 g/mol. The van der Waals surface area contributed by atoms with E-state index < -0.39 is 11.9 Å². The second kappa shape index (κ2) is 9.57. The van der Waals surface area contributed by atoms with Crippen LogP contribution in [0.1, 0.15) is 36.0 Å². The first-order valence-corrected chi connectivity index (χ1v) is 11.0. The Morgan fingerprint density at radius 2 is 1.70 bits per heavy atom. The van der Waals surface area contributed by atoms with Gasteiger partial charge in [0.2, 0.25) is 11.8 Å². The Kier molecular flexibility index (Phi) is 6.64. The van der Waals surface area contributed by atoms with E-state index >= 15 is 0 Å². The van der Waals surface area contributed by atoms with Crippen LogP contribution in [-0.2, 0) is 9.59 Å². The number of benzene rings is 1. The summed E-state index contributed by atoms with van der Waals surface area (Å²) >= 11 is 0. The van der Waals surface area contributed by atoms with Crippen LogP contribution in [0.2, 0.25) is 0 Å². The van der Waals surface area contributed by atoms with Gasteiger partial charge in [0, 0.05) is 50.4 Å². The van der Waals surface area contributed by atoms with Crippen LogP contribution < -0.4 is 20.9 Å². The van der Waals surface area contributed by atoms with Gasteiger partial charge in [0.25, 0.3) is 5.91 Å². The van der Waals surface area contributed by atoms with Crippen molar-refractivity contribution in [3.8, 4) is 0 Å². The maximum atomic E-state index is 12.5. The summed E-state index contributed by atoms with van der Waals surface area (Å²) in [5.74, 6) is -0.188. The van der Waals surface area contributed by atoms with Crippen LogP contribution in [0.4, 0.5) is 5.69 Å². The van der Waals surface area contributed by atoms with Crippen molar-refractivity contribution >= 4 is 23.4 Å². The van der Waals surface area contributed by atoms with Crippen molar-refractivity contribution in [2.45, 2.75) is 31.7 Å². The smallest absolute Gasteiger partial charge is 0.251 e. The zero-order valence-electron chi connectivity index (χ0n) is 17.4. The molecule has 8 heteroatoms. The van der Waals surface area contributed by atoms with Gasteiger partial charge in [-0.3, -0.25) is 24.6 Å². The molecule has 1 aromatic rings. The summed E-state index contributed by atoms with van der Waals surface area (Å²) in [5, 5.41) is 8.41. The Balaban J connectivity index is 1.26. The number of hydrogen-bond acceptors (Lipinski definition) is 6. The molecule has 3 aliphatic heterocycles. The van der Waals surface area contributed by atoms with Gasteiger partial charge in [-0.05, 0) is 62.5 Å². The van der Waals surface area contributed by atoms with Crippen LogP contribution in [0.5, 0.6) is 0 Å². The van der Waals surface area contributed by atoms with Gasteiger partial charge in [0.05, 0.1) is 0 Å². The molecule has 0 aliphatic carbocycles. The first-order valence-electron chi connectivity index (χ1n) is 11.0. The molecule has 4 rings (SSSR count). The minimum atomic E-state index is -0.650. The molecule has 8 nitrogen and oxygen atoms in total. The molecule has 0 spiro atoms. The van der Waals surface area contributed by atoms with E-state index in [9.17, 15) is 14.4 Å². The maximum Gasteiger partial charge on any atom is 0.251 e. The van der Waals surface area contributed by atoms with E-state index in [4.69, 9.17) is 0 Å². The fourth-order valence-corrected chi connectivity index (χ4v) is 4.51. The van der Waals surface area contributed by atoms with Crippen LogP contribution in [0.25, 0.3) is 0 Å². The van der Waals surface area contributed by atoms with Crippen LogP contribution in [0.15, 0.2) is 24.3 Å². The molecular weight excluding hydrogens is 382 g/mol. The predicted molar refractivity (Wildman–Crippen MR) is 114 cm³/mol. The molecular formula is C22H31N5O3. The summed E-state index contributed by atoms with van der Waals surface area (Å²) in [6.07, 6.45) is 3.15. The van der Waals surface area contributed by atoms with Crippen molar-refractivity contribution < 1.29 is 14.4 Å². The Bertz CT molecular complexity index is 767. The topological polar surface area (TPSA) is 93.8 Å². The quantitative estimate of drug-likeness (QED) is 0.603. The highest BCUT2D eigenvalue weighted by Crippen LogP contribution is 2.20. The van der Waals surface area contributed by atoms with Gasteiger partial charge in [-0.25, -0.2) is 0 Å². The second-order valence-corrected chi connectivity index (χ2v) is 8.51.